The molecule has 0 unspecified atom stereocenters. The Labute approximate surface area is 216 Å². The third-order valence-electron chi connectivity index (χ3n) is 5.95. The highest BCUT2D eigenvalue weighted by molar-refractivity contribution is 5.74. The number of carbonyl (C=O) groups is 1. The minimum atomic E-state index is -0.932. The number of benzene rings is 2. The lowest BCUT2D eigenvalue weighted by Crippen LogP contribution is -2.36. The van der Waals surface area contributed by atoms with E-state index < -0.39 is 17.2 Å². The summed E-state index contributed by atoms with van der Waals surface area (Å²) in [4.78, 5) is 25.0. The molecule has 9 heteroatoms. The molecule has 0 saturated carbocycles. The van der Waals surface area contributed by atoms with Crippen molar-refractivity contribution < 1.29 is 23.0 Å². The van der Waals surface area contributed by atoms with E-state index in [9.17, 15) is 13.6 Å². The molecule has 2 heterocycles. The fourth-order valence-electron chi connectivity index (χ4n) is 4.23. The number of para-hydroxylation sites is 1. The molecule has 0 radical (unpaired) electrons. The van der Waals surface area contributed by atoms with Crippen molar-refractivity contribution in [3.05, 3.63) is 72.6 Å². The number of hydrogen-bond acceptors (Lipinski definition) is 7. The molecule has 1 fully saturated rings. The molecule has 2 aromatic carbocycles. The summed E-state index contributed by atoms with van der Waals surface area (Å²) in [5.41, 5.74) is 0.667. The fourth-order valence-corrected chi connectivity index (χ4v) is 4.23. The van der Waals surface area contributed by atoms with Crippen molar-refractivity contribution >= 4 is 29.0 Å². The molecule has 0 atom stereocenters. The standard InChI is InChI=1S/C28H32F2N4O3/c1-28(2,3)37-27(35)19-36-18-20-11-13-33(14-12-20)25-16-31-17-26(32-25)34(21-7-5-4-6-8-21)22-9-10-23(29)24(30)15-22/h4-10,15-17,20H,11-14,18-19H2,1-3H3. The van der Waals surface area contributed by atoms with E-state index in [1.165, 1.54) is 6.07 Å². The zero-order chi connectivity index (χ0) is 26.4. The molecule has 37 heavy (non-hydrogen) atoms. The van der Waals surface area contributed by atoms with Crippen LogP contribution < -0.4 is 9.80 Å². The first-order valence-electron chi connectivity index (χ1n) is 12.4. The van der Waals surface area contributed by atoms with Crippen LogP contribution in [0.4, 0.5) is 31.8 Å². The number of hydrogen-bond donors (Lipinski definition) is 0. The van der Waals surface area contributed by atoms with Gasteiger partial charge in [-0.3, -0.25) is 9.88 Å². The van der Waals surface area contributed by atoms with Crippen LogP contribution in [-0.4, -0.2) is 47.8 Å². The maximum absolute atomic E-state index is 14.1. The van der Waals surface area contributed by atoms with Crippen molar-refractivity contribution in [1.29, 1.82) is 0 Å². The molecule has 0 spiro atoms. The van der Waals surface area contributed by atoms with Gasteiger partial charge in [0.2, 0.25) is 0 Å². The summed E-state index contributed by atoms with van der Waals surface area (Å²) in [6.07, 6.45) is 5.07. The quantitative estimate of drug-likeness (QED) is 0.355. The maximum atomic E-state index is 14.1. The van der Waals surface area contributed by atoms with Gasteiger partial charge in [0, 0.05) is 24.8 Å². The van der Waals surface area contributed by atoms with Crippen LogP contribution in [-0.2, 0) is 14.3 Å². The third-order valence-corrected chi connectivity index (χ3v) is 5.95. The minimum Gasteiger partial charge on any atom is -0.458 e. The van der Waals surface area contributed by atoms with E-state index in [2.05, 4.69) is 9.88 Å². The lowest BCUT2D eigenvalue weighted by Gasteiger charge is -2.33. The highest BCUT2D eigenvalue weighted by Crippen LogP contribution is 2.34. The van der Waals surface area contributed by atoms with Gasteiger partial charge in [-0.1, -0.05) is 18.2 Å². The van der Waals surface area contributed by atoms with Gasteiger partial charge in [0.15, 0.2) is 17.5 Å². The number of rotatable bonds is 8. The number of ether oxygens (including phenoxy) is 2. The molecule has 196 valence electrons. The number of halogens is 2. The van der Waals surface area contributed by atoms with Crippen LogP contribution in [0.25, 0.3) is 0 Å². The van der Waals surface area contributed by atoms with Crippen molar-refractivity contribution in [2.24, 2.45) is 5.92 Å². The largest absolute Gasteiger partial charge is 0.458 e. The fraction of sp³-hybridized carbons (Fsp3) is 0.393. The van der Waals surface area contributed by atoms with Gasteiger partial charge in [0.25, 0.3) is 0 Å². The molecule has 4 rings (SSSR count). The topological polar surface area (TPSA) is 67.8 Å². The van der Waals surface area contributed by atoms with Crippen LogP contribution in [0.2, 0.25) is 0 Å². The van der Waals surface area contributed by atoms with E-state index in [0.29, 0.717) is 29.8 Å². The molecule has 3 aromatic rings. The number of anilines is 4. The molecule has 0 bridgehead atoms. The van der Waals surface area contributed by atoms with Crippen LogP contribution in [0.15, 0.2) is 60.9 Å². The SMILES string of the molecule is CC(C)(C)OC(=O)COCC1CCN(c2cncc(N(c3ccccc3)c3ccc(F)c(F)c3)n2)CC1. The van der Waals surface area contributed by atoms with E-state index in [-0.39, 0.29) is 12.6 Å². The zero-order valence-electron chi connectivity index (χ0n) is 21.4. The Morgan fingerprint density at radius 2 is 1.76 bits per heavy atom. The van der Waals surface area contributed by atoms with Gasteiger partial charge in [0.05, 0.1) is 24.7 Å². The van der Waals surface area contributed by atoms with E-state index in [4.69, 9.17) is 14.5 Å². The predicted octanol–water partition coefficient (Wildman–Crippen LogP) is 5.80. The van der Waals surface area contributed by atoms with Crippen molar-refractivity contribution in [2.75, 3.05) is 36.1 Å². The summed E-state index contributed by atoms with van der Waals surface area (Å²) in [5, 5.41) is 0. The molecule has 0 amide bonds. The van der Waals surface area contributed by atoms with Crippen LogP contribution in [0.3, 0.4) is 0 Å². The lowest BCUT2D eigenvalue weighted by atomic mass is 9.98. The van der Waals surface area contributed by atoms with Gasteiger partial charge < -0.3 is 14.4 Å². The molecule has 1 aliphatic rings. The summed E-state index contributed by atoms with van der Waals surface area (Å²) >= 11 is 0. The highest BCUT2D eigenvalue weighted by atomic mass is 19.2. The van der Waals surface area contributed by atoms with Crippen LogP contribution in [0.5, 0.6) is 0 Å². The van der Waals surface area contributed by atoms with E-state index in [1.54, 1.807) is 17.3 Å². The Bertz CT molecular complexity index is 1200. The first-order valence-corrected chi connectivity index (χ1v) is 12.4. The summed E-state index contributed by atoms with van der Waals surface area (Å²) in [5.74, 6) is -0.668. The van der Waals surface area contributed by atoms with Gasteiger partial charge in [-0.05, 0) is 63.8 Å². The number of esters is 1. The van der Waals surface area contributed by atoms with Gasteiger partial charge in [-0.15, -0.1) is 0 Å². The highest BCUT2D eigenvalue weighted by Gasteiger charge is 2.23. The number of carbonyl (C=O) groups excluding carboxylic acids is 1. The normalized spacial score (nSPS) is 14.5. The predicted molar refractivity (Wildman–Crippen MR) is 138 cm³/mol. The second kappa shape index (κ2) is 11.6. The Morgan fingerprint density at radius 1 is 1.03 bits per heavy atom. The zero-order valence-corrected chi connectivity index (χ0v) is 21.4. The van der Waals surface area contributed by atoms with Gasteiger partial charge in [-0.25, -0.2) is 18.6 Å². The number of nitrogens with zero attached hydrogens (tertiary/aromatic N) is 4. The monoisotopic (exact) mass is 510 g/mol. The second-order valence-electron chi connectivity index (χ2n) is 10.0. The smallest absolute Gasteiger partial charge is 0.332 e. The Hall–Kier alpha value is -3.59. The summed E-state index contributed by atoms with van der Waals surface area (Å²) in [6.45, 7) is 7.45. The average Bonchev–Trinajstić information content (AvgIpc) is 2.87. The first-order chi connectivity index (χ1) is 17.7. The molecule has 7 nitrogen and oxygen atoms in total. The van der Waals surface area contributed by atoms with Crippen LogP contribution in [0, 0.1) is 17.6 Å². The average molecular weight is 511 g/mol. The molecular formula is C28H32F2N4O3. The maximum Gasteiger partial charge on any atom is 0.332 e. The number of piperidine rings is 1. The molecule has 0 aliphatic carbocycles. The van der Waals surface area contributed by atoms with Gasteiger partial charge in [0.1, 0.15) is 18.0 Å². The van der Waals surface area contributed by atoms with Gasteiger partial charge in [-0.2, -0.15) is 0 Å². The minimum absolute atomic E-state index is 0.0513. The number of aromatic nitrogens is 2. The van der Waals surface area contributed by atoms with E-state index in [1.807, 2.05) is 51.1 Å². The summed E-state index contributed by atoms with van der Waals surface area (Å²) in [7, 11) is 0. The van der Waals surface area contributed by atoms with Gasteiger partial charge >= 0.3 is 5.97 Å². The molecular weight excluding hydrogens is 478 g/mol. The van der Waals surface area contributed by atoms with Crippen molar-refractivity contribution in [3.63, 3.8) is 0 Å². The summed E-state index contributed by atoms with van der Waals surface area (Å²) < 4.78 is 38.6. The van der Waals surface area contributed by atoms with E-state index in [0.717, 1.165) is 43.8 Å². The Balaban J connectivity index is 1.42. The Kier molecular flexibility index (Phi) is 8.33. The molecule has 0 N–H and O–H groups in total. The molecule has 1 saturated heterocycles. The molecule has 1 aromatic heterocycles. The third kappa shape index (κ3) is 7.22. The van der Waals surface area contributed by atoms with Crippen molar-refractivity contribution in [1.82, 2.24) is 9.97 Å². The Morgan fingerprint density at radius 3 is 2.43 bits per heavy atom. The van der Waals surface area contributed by atoms with Crippen LogP contribution in [0.1, 0.15) is 33.6 Å². The van der Waals surface area contributed by atoms with Crippen LogP contribution >= 0.6 is 0 Å². The molecule has 1 aliphatic heterocycles. The summed E-state index contributed by atoms with van der Waals surface area (Å²) in [6, 6.07) is 13.1. The van der Waals surface area contributed by atoms with E-state index >= 15 is 0 Å². The lowest BCUT2D eigenvalue weighted by molar-refractivity contribution is -0.160. The van der Waals surface area contributed by atoms with Crippen molar-refractivity contribution in [3.8, 4) is 0 Å². The first kappa shape index (κ1) is 26.5. The van der Waals surface area contributed by atoms with Crippen molar-refractivity contribution in [2.45, 2.75) is 39.2 Å². The second-order valence-corrected chi connectivity index (χ2v) is 10.0.